The first kappa shape index (κ1) is 18.7. The molecular weight excluding hydrogens is 380 g/mol. The number of halogens is 1. The maximum atomic E-state index is 12.8. The van der Waals surface area contributed by atoms with Crippen molar-refractivity contribution in [3.63, 3.8) is 0 Å². The molecule has 5 heteroatoms. The molecule has 1 aliphatic heterocycles. The number of carbonyl (C=O) groups excluding carboxylic acids is 1. The number of amides is 1. The number of nitrogens with zero attached hydrogens (tertiary/aromatic N) is 2. The van der Waals surface area contributed by atoms with E-state index in [1.165, 1.54) is 32.1 Å². The van der Waals surface area contributed by atoms with E-state index in [-0.39, 0.29) is 17.6 Å². The Hall–Kier alpha value is -1.07. The summed E-state index contributed by atoms with van der Waals surface area (Å²) in [7, 11) is 0. The SMILES string of the molecule is C[C@H](Cc1ccc(O)c(Br)c1)C(=O)N1CCN(C2CCCCC2)CC1. The van der Waals surface area contributed by atoms with E-state index in [0.29, 0.717) is 10.9 Å². The number of hydrogen-bond donors (Lipinski definition) is 1. The van der Waals surface area contributed by atoms with Crippen LogP contribution in [0, 0.1) is 5.92 Å². The maximum Gasteiger partial charge on any atom is 0.225 e. The Labute approximate surface area is 159 Å². The van der Waals surface area contributed by atoms with Crippen molar-refractivity contribution in [2.75, 3.05) is 26.2 Å². The van der Waals surface area contributed by atoms with Gasteiger partial charge >= 0.3 is 0 Å². The van der Waals surface area contributed by atoms with Crippen molar-refractivity contribution in [3.05, 3.63) is 28.2 Å². The molecule has 0 radical (unpaired) electrons. The minimum atomic E-state index is -0.0299. The molecule has 3 rings (SSSR count). The highest BCUT2D eigenvalue weighted by molar-refractivity contribution is 9.10. The third-order valence-corrected chi connectivity index (χ3v) is 6.33. The molecule has 0 bridgehead atoms. The molecule has 25 heavy (non-hydrogen) atoms. The van der Waals surface area contributed by atoms with Crippen LogP contribution in [-0.2, 0) is 11.2 Å². The van der Waals surface area contributed by atoms with E-state index in [2.05, 4.69) is 20.8 Å². The van der Waals surface area contributed by atoms with Gasteiger partial charge in [-0.25, -0.2) is 0 Å². The van der Waals surface area contributed by atoms with Gasteiger partial charge in [0.1, 0.15) is 5.75 Å². The fraction of sp³-hybridized carbons (Fsp3) is 0.650. The molecule has 1 heterocycles. The molecular formula is C20H29BrN2O2. The third kappa shape index (κ3) is 4.76. The topological polar surface area (TPSA) is 43.8 Å². The average molecular weight is 409 g/mol. The lowest BCUT2D eigenvalue weighted by molar-refractivity contribution is -0.137. The molecule has 4 nitrogen and oxygen atoms in total. The molecule has 0 aromatic heterocycles. The Balaban J connectivity index is 1.50. The van der Waals surface area contributed by atoms with Crippen LogP contribution < -0.4 is 0 Å². The molecule has 138 valence electrons. The van der Waals surface area contributed by atoms with Crippen LogP contribution in [0.3, 0.4) is 0 Å². The van der Waals surface area contributed by atoms with Gasteiger partial charge in [-0.3, -0.25) is 9.69 Å². The van der Waals surface area contributed by atoms with Crippen LogP contribution in [0.25, 0.3) is 0 Å². The minimum absolute atomic E-state index is 0.0299. The van der Waals surface area contributed by atoms with Gasteiger partial charge in [0.25, 0.3) is 0 Å². The predicted molar refractivity (Wildman–Crippen MR) is 104 cm³/mol. The maximum absolute atomic E-state index is 12.8. The zero-order valence-electron chi connectivity index (χ0n) is 15.1. The number of hydrogen-bond acceptors (Lipinski definition) is 3. The molecule has 1 atom stereocenters. The molecule has 1 amide bonds. The van der Waals surface area contributed by atoms with Gasteiger partial charge in [-0.05, 0) is 52.9 Å². The molecule has 1 N–H and O–H groups in total. The van der Waals surface area contributed by atoms with E-state index in [4.69, 9.17) is 0 Å². The molecule has 0 unspecified atom stereocenters. The highest BCUT2D eigenvalue weighted by Crippen LogP contribution is 2.26. The highest BCUT2D eigenvalue weighted by atomic mass is 79.9. The highest BCUT2D eigenvalue weighted by Gasteiger charge is 2.28. The lowest BCUT2D eigenvalue weighted by Crippen LogP contribution is -2.53. The van der Waals surface area contributed by atoms with Gasteiger partial charge in [0.05, 0.1) is 4.47 Å². The van der Waals surface area contributed by atoms with E-state index in [1.54, 1.807) is 6.07 Å². The summed E-state index contributed by atoms with van der Waals surface area (Å²) < 4.78 is 0.686. The number of phenols is 1. The molecule has 2 fully saturated rings. The van der Waals surface area contributed by atoms with Crippen molar-refractivity contribution in [2.45, 2.75) is 51.5 Å². The number of aromatic hydroxyl groups is 1. The zero-order valence-corrected chi connectivity index (χ0v) is 16.7. The van der Waals surface area contributed by atoms with Crippen molar-refractivity contribution in [1.29, 1.82) is 0 Å². The van der Waals surface area contributed by atoms with E-state index in [1.807, 2.05) is 24.0 Å². The fourth-order valence-electron chi connectivity index (χ4n) is 4.18. The summed E-state index contributed by atoms with van der Waals surface area (Å²) in [6.07, 6.45) is 7.49. The van der Waals surface area contributed by atoms with Crippen molar-refractivity contribution in [3.8, 4) is 5.75 Å². The van der Waals surface area contributed by atoms with E-state index < -0.39 is 0 Å². The normalized spacial score (nSPS) is 21.3. The Kier molecular flexibility index (Phi) is 6.39. The van der Waals surface area contributed by atoms with Gasteiger partial charge in [-0.15, -0.1) is 0 Å². The lowest BCUT2D eigenvalue weighted by atomic mass is 9.93. The smallest absolute Gasteiger partial charge is 0.225 e. The first-order chi connectivity index (χ1) is 12.0. The van der Waals surface area contributed by atoms with E-state index in [0.717, 1.165) is 37.8 Å². The molecule has 1 aromatic rings. The summed E-state index contributed by atoms with van der Waals surface area (Å²) in [5, 5.41) is 9.60. The first-order valence-corrected chi connectivity index (χ1v) is 10.3. The quantitative estimate of drug-likeness (QED) is 0.823. The summed E-state index contributed by atoms with van der Waals surface area (Å²) in [6.45, 7) is 5.77. The van der Waals surface area contributed by atoms with Gasteiger partial charge in [0.2, 0.25) is 5.91 Å². The standard InChI is InChI=1S/C20H29BrN2O2/c1-15(13-16-7-8-19(24)18(21)14-16)20(25)23-11-9-22(10-12-23)17-5-3-2-4-6-17/h7-8,14-15,17,24H,2-6,9-13H2,1H3/t15-/m1/s1. The number of piperazine rings is 1. The van der Waals surface area contributed by atoms with Gasteiger partial charge in [0.15, 0.2) is 0 Å². The minimum Gasteiger partial charge on any atom is -0.507 e. The molecule has 1 saturated carbocycles. The van der Waals surface area contributed by atoms with E-state index >= 15 is 0 Å². The molecule has 1 aliphatic carbocycles. The number of benzene rings is 1. The van der Waals surface area contributed by atoms with Gasteiger partial charge in [0, 0.05) is 38.1 Å². The summed E-state index contributed by atoms with van der Waals surface area (Å²) in [5.41, 5.74) is 1.08. The van der Waals surface area contributed by atoms with Crippen LogP contribution in [0.15, 0.2) is 22.7 Å². The largest absolute Gasteiger partial charge is 0.507 e. The second-order valence-electron chi connectivity index (χ2n) is 7.54. The summed E-state index contributed by atoms with van der Waals surface area (Å²) in [6, 6.07) is 6.22. The van der Waals surface area contributed by atoms with Crippen molar-refractivity contribution in [1.82, 2.24) is 9.80 Å². The molecule has 1 aromatic carbocycles. The third-order valence-electron chi connectivity index (χ3n) is 5.69. The van der Waals surface area contributed by atoms with Crippen molar-refractivity contribution in [2.24, 2.45) is 5.92 Å². The van der Waals surface area contributed by atoms with Gasteiger partial charge in [-0.1, -0.05) is 32.3 Å². The van der Waals surface area contributed by atoms with Crippen LogP contribution in [-0.4, -0.2) is 53.0 Å². The number of carbonyl (C=O) groups is 1. The summed E-state index contributed by atoms with van der Waals surface area (Å²) in [4.78, 5) is 17.4. The zero-order chi connectivity index (χ0) is 17.8. The fourth-order valence-corrected chi connectivity index (χ4v) is 4.61. The molecule has 0 spiro atoms. The molecule has 1 saturated heterocycles. The Bertz CT molecular complexity index is 593. The molecule has 2 aliphatic rings. The van der Waals surface area contributed by atoms with E-state index in [9.17, 15) is 9.90 Å². The average Bonchev–Trinajstić information content (AvgIpc) is 2.65. The van der Waals surface area contributed by atoms with Crippen molar-refractivity contribution < 1.29 is 9.90 Å². The Morgan fingerprint density at radius 2 is 1.88 bits per heavy atom. The Morgan fingerprint density at radius 3 is 2.52 bits per heavy atom. The van der Waals surface area contributed by atoms with Crippen LogP contribution in [0.4, 0.5) is 0 Å². The van der Waals surface area contributed by atoms with Crippen LogP contribution in [0.1, 0.15) is 44.6 Å². The predicted octanol–water partition coefficient (Wildman–Crippen LogP) is 3.81. The van der Waals surface area contributed by atoms with Crippen LogP contribution in [0.5, 0.6) is 5.75 Å². The first-order valence-electron chi connectivity index (χ1n) is 9.55. The Morgan fingerprint density at radius 1 is 1.20 bits per heavy atom. The summed E-state index contributed by atoms with van der Waals surface area (Å²) >= 11 is 3.34. The van der Waals surface area contributed by atoms with Crippen LogP contribution >= 0.6 is 15.9 Å². The van der Waals surface area contributed by atoms with Gasteiger partial charge in [-0.2, -0.15) is 0 Å². The summed E-state index contributed by atoms with van der Waals surface area (Å²) in [5.74, 6) is 0.465. The number of rotatable bonds is 4. The second-order valence-corrected chi connectivity index (χ2v) is 8.40. The monoisotopic (exact) mass is 408 g/mol. The second kappa shape index (κ2) is 8.54. The van der Waals surface area contributed by atoms with Crippen molar-refractivity contribution >= 4 is 21.8 Å². The lowest BCUT2D eigenvalue weighted by Gasteiger charge is -2.41. The van der Waals surface area contributed by atoms with Crippen LogP contribution in [0.2, 0.25) is 0 Å². The number of phenolic OH excluding ortho intramolecular Hbond substituents is 1. The van der Waals surface area contributed by atoms with Gasteiger partial charge < -0.3 is 10.0 Å².